The molecule has 12 rings (SSSR count). The van der Waals surface area contributed by atoms with Crippen LogP contribution in [-0.2, 0) is 43.4 Å². The van der Waals surface area contributed by atoms with E-state index in [2.05, 4.69) is 54.8 Å². The van der Waals surface area contributed by atoms with E-state index in [9.17, 15) is 24.3 Å². The number of anilines is 2. The summed E-state index contributed by atoms with van der Waals surface area (Å²) in [5.41, 5.74) is 12.6. The molecule has 362 valence electrons. The highest BCUT2D eigenvalue weighted by molar-refractivity contribution is 14.1. The van der Waals surface area contributed by atoms with Crippen LogP contribution >= 0.6 is 22.6 Å². The molecule has 7 aromatic rings. The molecule has 72 heavy (non-hydrogen) atoms. The van der Waals surface area contributed by atoms with Crippen LogP contribution in [0.5, 0.6) is 17.2 Å². The van der Waals surface area contributed by atoms with Gasteiger partial charge in [0.2, 0.25) is 11.3 Å². The molecule has 0 saturated heterocycles. The van der Waals surface area contributed by atoms with Crippen molar-refractivity contribution in [3.63, 3.8) is 0 Å². The number of hydrogen-bond acceptors (Lipinski definition) is 8. The third-order valence-corrected chi connectivity index (χ3v) is 16.0. The first-order chi connectivity index (χ1) is 35.0. The van der Waals surface area contributed by atoms with E-state index in [0.717, 1.165) is 125 Å². The molecule has 0 unspecified atom stereocenters. The Morgan fingerprint density at radius 2 is 1.51 bits per heavy atom. The van der Waals surface area contributed by atoms with Gasteiger partial charge in [0.25, 0.3) is 11.8 Å². The minimum Gasteiger partial charge on any atom is -0.545 e. The minimum absolute atomic E-state index is 0.0163. The molecule has 1 aromatic heterocycles. The van der Waals surface area contributed by atoms with E-state index in [-0.39, 0.29) is 35.9 Å². The Labute approximate surface area is 430 Å². The Balaban J connectivity index is 0.806. The summed E-state index contributed by atoms with van der Waals surface area (Å²) in [7, 11) is 1.58. The Morgan fingerprint density at radius 3 is 2.29 bits per heavy atom. The monoisotopic (exact) mass is 1070 g/mol. The van der Waals surface area contributed by atoms with E-state index in [1.165, 1.54) is 39.4 Å². The van der Waals surface area contributed by atoms with E-state index >= 15 is 0 Å². The number of fused-ring (bicyclic) bond motifs is 5. The molecule has 13 heteroatoms. The first-order valence-corrected chi connectivity index (χ1v) is 26.0. The summed E-state index contributed by atoms with van der Waals surface area (Å²) in [6, 6.07) is 29.5. The van der Waals surface area contributed by atoms with Crippen LogP contribution < -0.4 is 45.3 Å². The van der Waals surface area contributed by atoms with Crippen molar-refractivity contribution >= 4 is 74.1 Å². The van der Waals surface area contributed by atoms with Crippen LogP contribution in [0.25, 0.3) is 16.5 Å². The number of hydrogen-bond donors (Lipinski definition) is 2. The van der Waals surface area contributed by atoms with Gasteiger partial charge >= 0.3 is 0 Å². The Bertz CT molecular complexity index is 3610. The highest BCUT2D eigenvalue weighted by atomic mass is 127. The summed E-state index contributed by atoms with van der Waals surface area (Å²) in [5.74, 6) is 0.0418. The summed E-state index contributed by atoms with van der Waals surface area (Å²) in [5, 5.41) is 22.2. The second kappa shape index (κ2) is 18.4. The Kier molecular flexibility index (Phi) is 11.7. The molecule has 0 atom stereocenters. The molecule has 5 aliphatic rings. The van der Waals surface area contributed by atoms with Gasteiger partial charge in [0, 0.05) is 103 Å². The van der Waals surface area contributed by atoms with Gasteiger partial charge in [0.1, 0.15) is 30.3 Å². The van der Waals surface area contributed by atoms with Gasteiger partial charge in [-0.1, -0.05) is 18.2 Å². The lowest BCUT2D eigenvalue weighted by atomic mass is 9.81. The van der Waals surface area contributed by atoms with Gasteiger partial charge in [-0.05, 0) is 169 Å². The molecule has 2 amide bonds. The number of rotatable bonds is 10. The largest absolute Gasteiger partial charge is 0.545 e. The predicted molar refractivity (Wildman–Crippen MR) is 283 cm³/mol. The first-order valence-electron chi connectivity index (χ1n) is 25.0. The number of aromatic nitrogens is 1. The van der Waals surface area contributed by atoms with Crippen molar-refractivity contribution in [1.29, 1.82) is 0 Å². The van der Waals surface area contributed by atoms with Crippen molar-refractivity contribution in [2.24, 2.45) is 0 Å². The lowest BCUT2D eigenvalue weighted by Gasteiger charge is -2.39. The molecule has 6 aromatic carbocycles. The van der Waals surface area contributed by atoms with Gasteiger partial charge in [-0.15, -0.1) is 0 Å². The number of aryl methyl sites for hydroxylation is 2. The van der Waals surface area contributed by atoms with E-state index in [4.69, 9.17) is 9.47 Å². The number of carbonyl (C=O) groups excluding carboxylic acids is 4. The van der Waals surface area contributed by atoms with Crippen LogP contribution in [-0.4, -0.2) is 61.5 Å². The predicted octanol–water partition coefficient (Wildman–Crippen LogP) is 7.16. The van der Waals surface area contributed by atoms with Crippen molar-refractivity contribution in [2.45, 2.75) is 71.3 Å². The average molecular weight is 1070 g/mol. The number of nitrogens with one attached hydrogen (secondary N) is 2. The third kappa shape index (κ3) is 7.92. The zero-order valence-electron chi connectivity index (χ0n) is 40.2. The number of ether oxygens (including phenoxy) is 2. The normalized spacial score (nSPS) is 15.2. The van der Waals surface area contributed by atoms with Crippen LogP contribution in [0.4, 0.5) is 11.4 Å². The average Bonchev–Trinajstić information content (AvgIpc) is 3.66. The van der Waals surface area contributed by atoms with Crippen molar-refractivity contribution in [1.82, 2.24) is 14.5 Å². The topological polar surface area (TPSA) is 145 Å². The number of amides is 2. The Hall–Kier alpha value is -7.26. The highest BCUT2D eigenvalue weighted by Crippen LogP contribution is 2.49. The number of methoxy groups -OCH3 is 1. The second-order valence-electron chi connectivity index (χ2n) is 19.6. The molecule has 0 spiro atoms. The summed E-state index contributed by atoms with van der Waals surface area (Å²) in [6.45, 7) is 6.10. The van der Waals surface area contributed by atoms with Crippen LogP contribution in [0, 0.1) is 10.5 Å². The maximum Gasteiger partial charge on any atom is 0.262 e. The van der Waals surface area contributed by atoms with Crippen LogP contribution in [0.1, 0.15) is 107 Å². The van der Waals surface area contributed by atoms with Gasteiger partial charge < -0.3 is 34.9 Å². The van der Waals surface area contributed by atoms with E-state index in [1.807, 2.05) is 43.3 Å². The Morgan fingerprint density at radius 1 is 0.778 bits per heavy atom. The van der Waals surface area contributed by atoms with Crippen LogP contribution in [0.2, 0.25) is 0 Å². The standard InChI is InChI=1S/C59H52IN5O7/c1-33-45(46-30-41(71-2)20-22-50(46)65(33)58(68)35-13-16-39(60)17-14-35)31-51(66)62-40-18-11-34(12-19-40)32-61-57(67)38-15-21-42(47(29-38)59(69)70)52-48-27-36-7-3-23-63-25-5-9-43(53(36)63)55(48)72-56-44-10-6-26-64-24-4-8-37(54(44)64)28-49(52)56/h11-22,27-30H,3-10,23-26,31-32H2,1-2H3,(H2-,61,62,66,67,69,70). The van der Waals surface area contributed by atoms with Crippen LogP contribution in [0.15, 0.2) is 97.1 Å². The summed E-state index contributed by atoms with van der Waals surface area (Å²) in [6.07, 6.45) is 7.87. The van der Waals surface area contributed by atoms with Crippen molar-refractivity contribution in [2.75, 3.05) is 43.5 Å². The molecule has 12 nitrogen and oxygen atoms in total. The lowest BCUT2D eigenvalue weighted by molar-refractivity contribution is -0.255. The molecule has 0 fully saturated rings. The fraction of sp³-hybridized carbons (Fsp3) is 0.271. The van der Waals surface area contributed by atoms with Gasteiger partial charge in [-0.2, -0.15) is 0 Å². The zero-order chi connectivity index (χ0) is 49.4. The molecule has 6 heterocycles. The number of carbonyl (C=O) groups is 4. The molecular formula is C59H52IN5O7. The lowest BCUT2D eigenvalue weighted by Crippen LogP contribution is -2.45. The van der Waals surface area contributed by atoms with Crippen molar-refractivity contribution < 1.29 is 33.8 Å². The van der Waals surface area contributed by atoms with Crippen LogP contribution in [0.3, 0.4) is 0 Å². The molecular weight excluding hydrogens is 1020 g/mol. The molecule has 0 radical (unpaired) electrons. The molecule has 0 aliphatic carbocycles. The number of nitrogens with zero attached hydrogens (tertiary/aromatic N) is 3. The van der Waals surface area contributed by atoms with Gasteiger partial charge in [0.05, 0.1) is 30.6 Å². The fourth-order valence-electron chi connectivity index (χ4n) is 12.0. The summed E-state index contributed by atoms with van der Waals surface area (Å²) >= 11 is 2.21. The smallest absolute Gasteiger partial charge is 0.262 e. The first kappa shape index (κ1) is 45.9. The second-order valence-corrected chi connectivity index (χ2v) is 20.8. The molecule has 0 saturated carbocycles. The quantitative estimate of drug-likeness (QED) is 0.109. The van der Waals surface area contributed by atoms with E-state index in [0.29, 0.717) is 33.8 Å². The minimum atomic E-state index is -1.36. The summed E-state index contributed by atoms with van der Waals surface area (Å²) in [4.78, 5) is 57.2. The number of carboxylic acids is 1. The van der Waals surface area contributed by atoms with E-state index in [1.54, 1.807) is 54.1 Å². The van der Waals surface area contributed by atoms with Crippen molar-refractivity contribution in [3.05, 3.63) is 178 Å². The summed E-state index contributed by atoms with van der Waals surface area (Å²) < 4.78 is 17.9. The molecule has 2 N–H and O–H groups in total. The number of carboxylic acid groups (broad SMARTS) is 1. The number of halogens is 1. The highest BCUT2D eigenvalue weighted by Gasteiger charge is 2.36. The number of aromatic carboxylic acids is 1. The van der Waals surface area contributed by atoms with Gasteiger partial charge in [-0.25, -0.2) is 4.58 Å². The van der Waals surface area contributed by atoms with Gasteiger partial charge in [-0.3, -0.25) is 19.0 Å². The maximum atomic E-state index is 13.9. The SMILES string of the molecule is COc1ccc2c(c1)c(CC(=O)Nc1ccc(CNC(=O)c3ccc(C4=c5cc6c7c(c5Oc5c4cc4c8c5CCCN8CCC4)CCC[N+]=7CCC6)c(C(=O)[O-])c3)cc1)c(C)n2C(=O)c1ccc(I)cc1. The maximum absolute atomic E-state index is 13.9. The number of benzene rings is 6. The fourth-order valence-corrected chi connectivity index (χ4v) is 12.4. The third-order valence-electron chi connectivity index (χ3n) is 15.3. The molecule has 5 aliphatic heterocycles. The van der Waals surface area contributed by atoms with E-state index < -0.39 is 11.9 Å². The van der Waals surface area contributed by atoms with Crippen molar-refractivity contribution in [3.8, 4) is 17.2 Å². The zero-order valence-corrected chi connectivity index (χ0v) is 42.4. The molecule has 0 bridgehead atoms. The van der Waals surface area contributed by atoms with Gasteiger partial charge in [0.15, 0.2) is 0 Å².